The van der Waals surface area contributed by atoms with Crippen molar-refractivity contribution >= 4 is 17.7 Å². The fourth-order valence-electron chi connectivity index (χ4n) is 7.50. The van der Waals surface area contributed by atoms with Crippen LogP contribution in [-0.4, -0.2) is 75.7 Å². The Labute approximate surface area is 281 Å². The van der Waals surface area contributed by atoms with Gasteiger partial charge in [0.15, 0.2) is 11.4 Å². The number of β-amino-alcohol motifs (C(OH)–C–C–N with tert-alkyl or cyclic N) is 1. The summed E-state index contributed by atoms with van der Waals surface area (Å²) in [7, 11) is 1.55. The fourth-order valence-corrected chi connectivity index (χ4v) is 7.50. The van der Waals surface area contributed by atoms with Crippen LogP contribution in [0, 0.1) is 23.2 Å². The predicted octanol–water partition coefficient (Wildman–Crippen LogP) is 5.84. The van der Waals surface area contributed by atoms with Crippen molar-refractivity contribution in [2.24, 2.45) is 11.8 Å². The Hall–Kier alpha value is -4.43. The van der Waals surface area contributed by atoms with Crippen LogP contribution >= 0.6 is 0 Å². The first-order valence-electron chi connectivity index (χ1n) is 17.4. The summed E-state index contributed by atoms with van der Waals surface area (Å²) >= 11 is 0. The summed E-state index contributed by atoms with van der Waals surface area (Å²) in [4.78, 5) is 34.9. The van der Waals surface area contributed by atoms with Crippen molar-refractivity contribution in [1.29, 1.82) is 5.26 Å². The van der Waals surface area contributed by atoms with Crippen LogP contribution in [0.5, 0.6) is 5.75 Å². The molecule has 1 N–H and O–H groups in total. The molecule has 0 unspecified atom stereocenters. The summed E-state index contributed by atoms with van der Waals surface area (Å²) in [6, 6.07) is 14.7. The van der Waals surface area contributed by atoms with Crippen molar-refractivity contribution in [3.63, 3.8) is 0 Å². The number of benzene rings is 1. The van der Waals surface area contributed by atoms with Crippen LogP contribution in [-0.2, 0) is 9.53 Å². The molecule has 48 heavy (non-hydrogen) atoms. The molecule has 1 aliphatic heterocycles. The van der Waals surface area contributed by atoms with Gasteiger partial charge < -0.3 is 24.4 Å². The number of ether oxygens (including phenoxy) is 2. The van der Waals surface area contributed by atoms with E-state index in [0.717, 1.165) is 48.2 Å². The number of hydrogen-bond donors (Lipinski definition) is 1. The van der Waals surface area contributed by atoms with Gasteiger partial charge in [0, 0.05) is 41.5 Å². The molecule has 2 aromatic heterocycles. The molecule has 3 aromatic rings. The lowest BCUT2D eigenvalue weighted by atomic mass is 9.79. The molecule has 0 bridgehead atoms. The Morgan fingerprint density at radius 3 is 2.46 bits per heavy atom. The number of carbonyl (C=O) groups excluding carboxylic acids is 2. The number of likely N-dealkylation sites (tertiary alicyclic amines) is 1. The normalized spacial score (nSPS) is 24.3. The Bertz CT molecular complexity index is 1660. The van der Waals surface area contributed by atoms with Crippen molar-refractivity contribution in [2.45, 2.75) is 88.4 Å². The second-order valence-electron chi connectivity index (χ2n) is 14.0. The van der Waals surface area contributed by atoms with Crippen molar-refractivity contribution in [2.75, 3.05) is 31.6 Å². The zero-order valence-electron chi connectivity index (χ0n) is 27.5. The number of aromatic nitrogens is 3. The van der Waals surface area contributed by atoms with E-state index >= 15 is 0 Å². The van der Waals surface area contributed by atoms with E-state index in [0.29, 0.717) is 68.7 Å². The molecular formula is C37H44N6O5. The van der Waals surface area contributed by atoms with E-state index in [1.807, 2.05) is 35.4 Å². The Morgan fingerprint density at radius 2 is 1.77 bits per heavy atom. The van der Waals surface area contributed by atoms with Gasteiger partial charge in [0.2, 0.25) is 5.91 Å². The van der Waals surface area contributed by atoms with E-state index in [9.17, 15) is 20.0 Å². The molecule has 1 saturated heterocycles. The van der Waals surface area contributed by atoms with Gasteiger partial charge in [-0.05, 0) is 100.0 Å². The minimum absolute atomic E-state index is 0.133. The highest BCUT2D eigenvalue weighted by Crippen LogP contribution is 2.39. The number of carbonyl (C=O) groups is 2. The van der Waals surface area contributed by atoms with Gasteiger partial charge in [-0.2, -0.15) is 10.4 Å². The number of nitriles is 1. The quantitative estimate of drug-likeness (QED) is 0.305. The van der Waals surface area contributed by atoms with Gasteiger partial charge in [-0.1, -0.05) is 12.1 Å². The number of anilines is 1. The molecule has 3 heterocycles. The number of rotatable bonds is 9. The molecule has 11 heteroatoms. The SMILES string of the molecule is COc1ccc(C2CCC(CN(C(=O)C3CCC(OC(=O)N4CC(O)C4)CC3)c3cccc(-c4cnn(C5CC5)c4)c3)CC2)nc1C#N. The second kappa shape index (κ2) is 14.0. The third kappa shape index (κ3) is 7.04. The highest BCUT2D eigenvalue weighted by Gasteiger charge is 2.36. The highest BCUT2D eigenvalue weighted by atomic mass is 16.6. The smallest absolute Gasteiger partial charge is 0.410 e. The predicted molar refractivity (Wildman–Crippen MR) is 178 cm³/mol. The molecule has 4 fully saturated rings. The molecule has 0 atom stereocenters. The number of amides is 2. The van der Waals surface area contributed by atoms with Crippen molar-refractivity contribution in [1.82, 2.24) is 19.7 Å². The van der Waals surface area contributed by atoms with Gasteiger partial charge in [-0.15, -0.1) is 0 Å². The van der Waals surface area contributed by atoms with Crippen molar-refractivity contribution in [3.05, 3.63) is 60.2 Å². The van der Waals surface area contributed by atoms with Gasteiger partial charge in [0.1, 0.15) is 12.2 Å². The molecular weight excluding hydrogens is 608 g/mol. The van der Waals surface area contributed by atoms with Gasteiger partial charge in [-0.3, -0.25) is 9.48 Å². The third-order valence-corrected chi connectivity index (χ3v) is 10.6. The Morgan fingerprint density at radius 1 is 1.00 bits per heavy atom. The first-order chi connectivity index (χ1) is 23.4. The van der Waals surface area contributed by atoms with Crippen LogP contribution in [0.1, 0.15) is 87.6 Å². The van der Waals surface area contributed by atoms with Gasteiger partial charge >= 0.3 is 6.09 Å². The number of aliphatic hydroxyl groups is 1. The highest BCUT2D eigenvalue weighted by molar-refractivity contribution is 5.95. The molecule has 11 nitrogen and oxygen atoms in total. The summed E-state index contributed by atoms with van der Waals surface area (Å²) in [6.07, 6.45) is 11.8. The van der Waals surface area contributed by atoms with Gasteiger partial charge in [0.25, 0.3) is 0 Å². The lowest BCUT2D eigenvalue weighted by molar-refractivity contribution is -0.124. The maximum absolute atomic E-state index is 14.4. The molecule has 4 aliphatic rings. The van der Waals surface area contributed by atoms with E-state index in [4.69, 9.17) is 9.47 Å². The van der Waals surface area contributed by atoms with Crippen molar-refractivity contribution in [3.8, 4) is 22.9 Å². The summed E-state index contributed by atoms with van der Waals surface area (Å²) < 4.78 is 13.1. The summed E-state index contributed by atoms with van der Waals surface area (Å²) in [5.41, 5.74) is 4.25. The zero-order valence-corrected chi connectivity index (χ0v) is 27.5. The van der Waals surface area contributed by atoms with E-state index in [1.165, 1.54) is 17.7 Å². The van der Waals surface area contributed by atoms with E-state index in [1.54, 1.807) is 7.11 Å². The molecule has 1 aromatic carbocycles. The Kier molecular flexibility index (Phi) is 9.35. The average Bonchev–Trinajstić information content (AvgIpc) is 3.84. The summed E-state index contributed by atoms with van der Waals surface area (Å²) in [5, 5.41) is 23.6. The first-order valence-corrected chi connectivity index (χ1v) is 17.4. The number of methoxy groups -OCH3 is 1. The number of nitrogens with zero attached hydrogens (tertiary/aromatic N) is 6. The fraction of sp³-hybridized carbons (Fsp3) is 0.541. The molecule has 3 saturated carbocycles. The molecule has 0 spiro atoms. The third-order valence-electron chi connectivity index (χ3n) is 10.6. The average molecular weight is 653 g/mol. The van der Waals surface area contributed by atoms with Crippen LogP contribution in [0.3, 0.4) is 0 Å². The van der Waals surface area contributed by atoms with Gasteiger partial charge in [0.05, 0.1) is 38.5 Å². The van der Waals surface area contributed by atoms with Crippen LogP contribution in [0.15, 0.2) is 48.8 Å². The van der Waals surface area contributed by atoms with Crippen LogP contribution < -0.4 is 9.64 Å². The standard InChI is InChI=1S/C37H44N6O5/c1-47-35-16-15-33(40-34(35)18-38)25-7-5-24(6-8-25)20-42(30-4-2-3-27(17-30)28-19-39-43(21-28)29-11-12-29)36(45)26-9-13-32(14-10-26)48-37(46)41-22-31(44)23-41/h2-4,15-17,19,21,24-26,29,31-32,44H,5-14,20,22-23H2,1H3. The minimum Gasteiger partial charge on any atom is -0.494 e. The minimum atomic E-state index is -0.463. The van der Waals surface area contributed by atoms with Gasteiger partial charge in [-0.25, -0.2) is 9.78 Å². The number of aliphatic hydroxyl groups excluding tert-OH is 1. The Balaban J connectivity index is 1.04. The zero-order chi connectivity index (χ0) is 33.2. The largest absolute Gasteiger partial charge is 0.494 e. The molecule has 0 radical (unpaired) electrons. The number of pyridine rings is 1. The second-order valence-corrected chi connectivity index (χ2v) is 14.0. The van der Waals surface area contributed by atoms with E-state index in [-0.39, 0.29) is 29.9 Å². The van der Waals surface area contributed by atoms with Crippen LogP contribution in [0.2, 0.25) is 0 Å². The lowest BCUT2D eigenvalue weighted by Crippen LogP contribution is -2.54. The number of hydrogen-bond acceptors (Lipinski definition) is 8. The molecule has 3 aliphatic carbocycles. The summed E-state index contributed by atoms with van der Waals surface area (Å²) in [6.45, 7) is 1.28. The summed E-state index contributed by atoms with van der Waals surface area (Å²) in [5.74, 6) is 1.09. The molecule has 252 valence electrons. The molecule has 7 rings (SSSR count). The van der Waals surface area contributed by atoms with Crippen LogP contribution in [0.25, 0.3) is 11.1 Å². The van der Waals surface area contributed by atoms with E-state index < -0.39 is 6.10 Å². The first kappa shape index (κ1) is 32.1. The molecule has 2 amide bonds. The maximum Gasteiger partial charge on any atom is 0.410 e. The topological polar surface area (TPSA) is 134 Å². The lowest BCUT2D eigenvalue weighted by Gasteiger charge is -2.38. The van der Waals surface area contributed by atoms with Crippen LogP contribution in [0.4, 0.5) is 10.5 Å². The maximum atomic E-state index is 14.4. The van der Waals surface area contributed by atoms with Crippen molar-refractivity contribution < 1.29 is 24.2 Å². The van der Waals surface area contributed by atoms with E-state index in [2.05, 4.69) is 39.2 Å². The monoisotopic (exact) mass is 652 g/mol.